The van der Waals surface area contributed by atoms with Gasteiger partial charge in [0.2, 0.25) is 6.79 Å². The Bertz CT molecular complexity index is 752. The number of nitrogens with zero attached hydrogens (tertiary/aromatic N) is 2. The summed E-state index contributed by atoms with van der Waals surface area (Å²) in [7, 11) is 0. The lowest BCUT2D eigenvalue weighted by Crippen LogP contribution is -2.18. The monoisotopic (exact) mass is 286 g/mol. The molecule has 0 unspecified atom stereocenters. The maximum absolute atomic E-state index is 12.3. The van der Waals surface area contributed by atoms with E-state index in [2.05, 4.69) is 4.98 Å². The quantitative estimate of drug-likeness (QED) is 0.795. The number of ketones is 1. The van der Waals surface area contributed by atoms with Crippen molar-refractivity contribution in [3.8, 4) is 11.6 Å². The number of carbonyl (C=O) groups excluding carboxylic acids is 1. The summed E-state index contributed by atoms with van der Waals surface area (Å²) in [6.45, 7) is 2.58. The predicted molar refractivity (Wildman–Crippen MR) is 74.8 cm³/mol. The number of fused-ring (bicyclic) bond motifs is 1. The van der Waals surface area contributed by atoms with Gasteiger partial charge >= 0.3 is 0 Å². The Morgan fingerprint density at radius 1 is 1.29 bits per heavy atom. The second kappa shape index (κ2) is 5.40. The predicted octanol–water partition coefficient (Wildman–Crippen LogP) is 1.42. The summed E-state index contributed by atoms with van der Waals surface area (Å²) in [5.41, 5.74) is 1.03. The first kappa shape index (κ1) is 13.4. The fourth-order valence-corrected chi connectivity index (χ4v) is 2.15. The molecule has 0 N–H and O–H groups in total. The van der Waals surface area contributed by atoms with Gasteiger partial charge in [-0.3, -0.25) is 9.59 Å². The summed E-state index contributed by atoms with van der Waals surface area (Å²) < 4.78 is 11.9. The Kier molecular flexibility index (Phi) is 3.43. The number of rotatable bonds is 4. The van der Waals surface area contributed by atoms with E-state index in [-0.39, 0.29) is 24.6 Å². The Morgan fingerprint density at radius 3 is 2.95 bits per heavy atom. The molecule has 21 heavy (non-hydrogen) atoms. The molecule has 2 aromatic heterocycles. The molecule has 0 aliphatic carbocycles. The van der Waals surface area contributed by atoms with Gasteiger partial charge in [-0.25, -0.2) is 4.98 Å². The van der Waals surface area contributed by atoms with Crippen LogP contribution in [0.4, 0.5) is 0 Å². The van der Waals surface area contributed by atoms with E-state index in [1.54, 1.807) is 29.0 Å². The molecule has 0 saturated carbocycles. The maximum Gasteiger partial charge on any atom is 0.260 e. The van der Waals surface area contributed by atoms with Crippen LogP contribution in [-0.4, -0.2) is 22.1 Å². The molecular weight excluding hydrogens is 272 g/mol. The number of hydrogen-bond acceptors (Lipinski definition) is 5. The lowest BCUT2D eigenvalue weighted by atomic mass is 10.1. The van der Waals surface area contributed by atoms with Crippen LogP contribution < -0.4 is 15.0 Å². The molecule has 0 saturated heterocycles. The molecule has 1 aliphatic rings. The van der Waals surface area contributed by atoms with Gasteiger partial charge in [0.05, 0.1) is 0 Å². The van der Waals surface area contributed by atoms with E-state index in [1.807, 2.05) is 6.92 Å². The van der Waals surface area contributed by atoms with Crippen molar-refractivity contribution in [1.29, 1.82) is 0 Å². The molecule has 6 heteroatoms. The third kappa shape index (κ3) is 2.65. The summed E-state index contributed by atoms with van der Waals surface area (Å²) in [5, 5.41) is 0. The zero-order valence-corrected chi connectivity index (χ0v) is 11.5. The molecule has 0 spiro atoms. The standard InChI is InChI=1S/C15H14N2O4/c1-2-17-8-10(3-6-14(17)19)7-12(18)11-4-5-13-15(16-11)21-9-20-13/h3-6,8H,2,7,9H2,1H3. The van der Waals surface area contributed by atoms with E-state index in [0.29, 0.717) is 23.9 Å². The molecule has 1 aliphatic heterocycles. The fourth-order valence-electron chi connectivity index (χ4n) is 2.15. The molecular formula is C15H14N2O4. The van der Waals surface area contributed by atoms with E-state index in [0.717, 1.165) is 5.56 Å². The first-order chi connectivity index (χ1) is 10.2. The van der Waals surface area contributed by atoms with Crippen LogP contribution in [0, 0.1) is 0 Å². The summed E-state index contributed by atoms with van der Waals surface area (Å²) in [6.07, 6.45) is 1.89. The van der Waals surface area contributed by atoms with Crippen molar-refractivity contribution in [2.75, 3.05) is 6.79 Å². The van der Waals surface area contributed by atoms with Crippen LogP contribution >= 0.6 is 0 Å². The van der Waals surface area contributed by atoms with Gasteiger partial charge in [-0.05, 0) is 24.6 Å². The zero-order chi connectivity index (χ0) is 14.8. The first-order valence-corrected chi connectivity index (χ1v) is 6.66. The van der Waals surface area contributed by atoms with Crippen LogP contribution in [0.15, 0.2) is 35.3 Å². The van der Waals surface area contributed by atoms with E-state index < -0.39 is 0 Å². The molecule has 0 fully saturated rings. The normalized spacial score (nSPS) is 12.4. The van der Waals surface area contributed by atoms with Crippen LogP contribution in [0.1, 0.15) is 23.0 Å². The van der Waals surface area contributed by atoms with Crippen LogP contribution in [0.2, 0.25) is 0 Å². The van der Waals surface area contributed by atoms with E-state index in [1.165, 1.54) is 6.07 Å². The Morgan fingerprint density at radius 2 is 2.14 bits per heavy atom. The molecule has 3 heterocycles. The Labute approximate surface area is 121 Å². The van der Waals surface area contributed by atoms with Gasteiger partial charge in [-0.2, -0.15) is 0 Å². The van der Waals surface area contributed by atoms with E-state index in [4.69, 9.17) is 9.47 Å². The van der Waals surface area contributed by atoms with Crippen molar-refractivity contribution in [3.63, 3.8) is 0 Å². The van der Waals surface area contributed by atoms with Gasteiger partial charge in [0.1, 0.15) is 5.69 Å². The van der Waals surface area contributed by atoms with Gasteiger partial charge in [0.15, 0.2) is 11.5 Å². The van der Waals surface area contributed by atoms with Crippen LogP contribution in [0.3, 0.4) is 0 Å². The minimum atomic E-state index is -0.130. The number of carbonyl (C=O) groups is 1. The molecule has 2 aromatic rings. The summed E-state index contributed by atoms with van der Waals surface area (Å²) in [5.74, 6) is 0.764. The van der Waals surface area contributed by atoms with E-state index >= 15 is 0 Å². The molecule has 0 aromatic carbocycles. The fraction of sp³-hybridized carbons (Fsp3) is 0.267. The minimum Gasteiger partial charge on any atom is -0.452 e. The zero-order valence-electron chi connectivity index (χ0n) is 11.5. The molecule has 0 bridgehead atoms. The lowest BCUT2D eigenvalue weighted by molar-refractivity contribution is 0.0986. The lowest BCUT2D eigenvalue weighted by Gasteiger charge is -2.05. The molecule has 0 atom stereocenters. The second-order valence-electron chi connectivity index (χ2n) is 4.67. The largest absolute Gasteiger partial charge is 0.452 e. The van der Waals surface area contributed by atoms with Gasteiger partial charge < -0.3 is 14.0 Å². The highest BCUT2D eigenvalue weighted by molar-refractivity contribution is 5.96. The summed E-state index contributed by atoms with van der Waals surface area (Å²) in [6, 6.07) is 6.43. The number of aryl methyl sites for hydroxylation is 1. The van der Waals surface area contributed by atoms with Crippen molar-refractivity contribution in [2.45, 2.75) is 19.9 Å². The second-order valence-corrected chi connectivity index (χ2v) is 4.67. The first-order valence-electron chi connectivity index (χ1n) is 6.66. The SMILES string of the molecule is CCn1cc(CC(=O)c2ccc3c(n2)OCO3)ccc1=O. The minimum absolute atomic E-state index is 0.0742. The number of Topliss-reactive ketones (excluding diaryl/α,β-unsaturated/α-hetero) is 1. The maximum atomic E-state index is 12.3. The smallest absolute Gasteiger partial charge is 0.260 e. The van der Waals surface area contributed by atoms with Gasteiger partial charge in [0, 0.05) is 25.2 Å². The van der Waals surface area contributed by atoms with Gasteiger partial charge in [-0.15, -0.1) is 0 Å². The van der Waals surface area contributed by atoms with Crippen molar-refractivity contribution in [3.05, 3.63) is 52.1 Å². The molecule has 6 nitrogen and oxygen atoms in total. The molecule has 0 radical (unpaired) electrons. The topological polar surface area (TPSA) is 70.4 Å². The average molecular weight is 286 g/mol. The number of aromatic nitrogens is 2. The van der Waals surface area contributed by atoms with Crippen molar-refractivity contribution >= 4 is 5.78 Å². The number of ether oxygens (including phenoxy) is 2. The number of pyridine rings is 2. The van der Waals surface area contributed by atoms with Crippen LogP contribution in [0.25, 0.3) is 0 Å². The van der Waals surface area contributed by atoms with Crippen molar-refractivity contribution < 1.29 is 14.3 Å². The highest BCUT2D eigenvalue weighted by atomic mass is 16.7. The highest BCUT2D eigenvalue weighted by Crippen LogP contribution is 2.29. The van der Waals surface area contributed by atoms with Crippen molar-refractivity contribution in [2.24, 2.45) is 0 Å². The number of hydrogen-bond donors (Lipinski definition) is 0. The van der Waals surface area contributed by atoms with Gasteiger partial charge in [-0.1, -0.05) is 6.07 Å². The third-order valence-corrected chi connectivity index (χ3v) is 3.27. The molecule has 108 valence electrons. The van der Waals surface area contributed by atoms with Gasteiger partial charge in [0.25, 0.3) is 11.4 Å². The highest BCUT2D eigenvalue weighted by Gasteiger charge is 2.18. The Hall–Kier alpha value is -2.63. The average Bonchev–Trinajstić information content (AvgIpc) is 2.96. The van der Waals surface area contributed by atoms with Crippen molar-refractivity contribution in [1.82, 2.24) is 9.55 Å². The Balaban J connectivity index is 1.81. The summed E-state index contributed by atoms with van der Waals surface area (Å²) in [4.78, 5) is 27.9. The van der Waals surface area contributed by atoms with Crippen LogP contribution in [0.5, 0.6) is 11.6 Å². The summed E-state index contributed by atoms with van der Waals surface area (Å²) >= 11 is 0. The van der Waals surface area contributed by atoms with E-state index in [9.17, 15) is 9.59 Å². The van der Waals surface area contributed by atoms with Crippen LogP contribution in [-0.2, 0) is 13.0 Å². The molecule has 0 amide bonds. The third-order valence-electron chi connectivity index (χ3n) is 3.27. The molecule has 3 rings (SSSR count).